The third-order valence-corrected chi connectivity index (χ3v) is 3.37. The zero-order chi connectivity index (χ0) is 14.7. The Labute approximate surface area is 118 Å². The van der Waals surface area contributed by atoms with E-state index in [1.165, 1.54) is 21.4 Å². The molecule has 1 aromatic heterocycles. The molecular formula is C15H20N4O. The molecule has 106 valence electrons. The Morgan fingerprint density at radius 1 is 1.40 bits per heavy atom. The second-order valence-corrected chi connectivity index (χ2v) is 5.10. The number of aryl methyl sites for hydroxylation is 2. The highest BCUT2D eigenvalue weighted by Crippen LogP contribution is 2.21. The summed E-state index contributed by atoms with van der Waals surface area (Å²) in [5.41, 5.74) is 9.79. The fourth-order valence-corrected chi connectivity index (χ4v) is 2.05. The lowest BCUT2D eigenvalue weighted by Crippen LogP contribution is -2.18. The number of hydrogen-bond donors (Lipinski definition) is 2. The van der Waals surface area contributed by atoms with Crippen LogP contribution < -0.4 is 11.1 Å². The molecule has 0 spiro atoms. The van der Waals surface area contributed by atoms with Gasteiger partial charge in [-0.05, 0) is 37.5 Å². The van der Waals surface area contributed by atoms with Gasteiger partial charge < -0.3 is 11.1 Å². The van der Waals surface area contributed by atoms with E-state index in [0.29, 0.717) is 0 Å². The first kappa shape index (κ1) is 14.1. The summed E-state index contributed by atoms with van der Waals surface area (Å²) < 4.78 is 1.53. The molecule has 5 heteroatoms. The first-order valence-electron chi connectivity index (χ1n) is 6.60. The number of carbonyl (C=O) groups is 1. The number of primary amides is 1. The molecule has 3 N–H and O–H groups in total. The first-order valence-corrected chi connectivity index (χ1v) is 6.60. The Bertz CT molecular complexity index is 618. The van der Waals surface area contributed by atoms with E-state index in [4.69, 9.17) is 5.73 Å². The van der Waals surface area contributed by atoms with Gasteiger partial charge >= 0.3 is 0 Å². The molecule has 2 rings (SSSR count). The molecule has 0 saturated heterocycles. The van der Waals surface area contributed by atoms with Crippen molar-refractivity contribution in [3.63, 3.8) is 0 Å². The average Bonchev–Trinajstić information content (AvgIpc) is 2.79. The van der Waals surface area contributed by atoms with Crippen LogP contribution >= 0.6 is 0 Å². The van der Waals surface area contributed by atoms with E-state index in [9.17, 15) is 4.79 Å². The van der Waals surface area contributed by atoms with E-state index in [0.717, 1.165) is 5.69 Å². The maximum Gasteiger partial charge on any atom is 0.239 e. The Hall–Kier alpha value is -2.30. The predicted molar refractivity (Wildman–Crippen MR) is 79.4 cm³/mol. The minimum Gasteiger partial charge on any atom is -0.376 e. The fraction of sp³-hybridized carbons (Fsp3) is 0.333. The number of benzene rings is 1. The summed E-state index contributed by atoms with van der Waals surface area (Å²) in [6.45, 7) is 6.40. The van der Waals surface area contributed by atoms with Crippen LogP contribution in [0.4, 0.5) is 5.69 Å². The van der Waals surface area contributed by atoms with Crippen LogP contribution in [0.3, 0.4) is 0 Å². The van der Waals surface area contributed by atoms with Gasteiger partial charge in [-0.2, -0.15) is 5.10 Å². The zero-order valence-corrected chi connectivity index (χ0v) is 12.1. The monoisotopic (exact) mass is 272 g/mol. The third kappa shape index (κ3) is 3.38. The number of amides is 1. The molecule has 0 aliphatic heterocycles. The van der Waals surface area contributed by atoms with E-state index in [2.05, 4.69) is 49.4 Å². The van der Waals surface area contributed by atoms with Crippen molar-refractivity contribution >= 4 is 11.6 Å². The number of nitrogens with two attached hydrogens (primary N) is 1. The lowest BCUT2D eigenvalue weighted by Gasteiger charge is -2.15. The van der Waals surface area contributed by atoms with Gasteiger partial charge in [-0.1, -0.05) is 18.2 Å². The number of aromatic nitrogens is 2. The van der Waals surface area contributed by atoms with Gasteiger partial charge in [0.2, 0.25) is 5.91 Å². The Morgan fingerprint density at radius 3 is 2.80 bits per heavy atom. The van der Waals surface area contributed by atoms with Crippen LogP contribution in [0.5, 0.6) is 0 Å². The van der Waals surface area contributed by atoms with Crippen LogP contribution in [-0.4, -0.2) is 15.7 Å². The second kappa shape index (κ2) is 5.77. The molecule has 1 aromatic carbocycles. The average molecular weight is 272 g/mol. The lowest BCUT2D eigenvalue weighted by molar-refractivity contribution is -0.118. The van der Waals surface area contributed by atoms with E-state index in [1.54, 1.807) is 12.4 Å². The van der Waals surface area contributed by atoms with E-state index in [-0.39, 0.29) is 12.6 Å². The molecule has 0 aliphatic rings. The molecule has 0 fully saturated rings. The van der Waals surface area contributed by atoms with Gasteiger partial charge in [0.15, 0.2) is 0 Å². The highest BCUT2D eigenvalue weighted by Gasteiger charge is 2.08. The minimum absolute atomic E-state index is 0.0969. The summed E-state index contributed by atoms with van der Waals surface area (Å²) in [6.07, 6.45) is 3.47. The summed E-state index contributed by atoms with van der Waals surface area (Å²) in [5.74, 6) is -0.401. The van der Waals surface area contributed by atoms with Gasteiger partial charge in [0.05, 0.1) is 11.9 Å². The molecular weight excluding hydrogens is 252 g/mol. The molecule has 0 radical (unpaired) electrons. The SMILES string of the molecule is Cc1ccc(C(C)Nc2cnn(CC(N)=O)c2)cc1C. The van der Waals surface area contributed by atoms with Crippen LogP contribution in [0.15, 0.2) is 30.6 Å². The standard InChI is InChI=1S/C15H20N4O/c1-10-4-5-13(6-11(10)2)12(3)18-14-7-17-19(8-14)9-15(16)20/h4-8,12,18H,9H2,1-3H3,(H2,16,20). The zero-order valence-electron chi connectivity index (χ0n) is 12.1. The van der Waals surface area contributed by atoms with Crippen molar-refractivity contribution in [2.75, 3.05) is 5.32 Å². The predicted octanol–water partition coefficient (Wildman–Crippen LogP) is 2.16. The lowest BCUT2D eigenvalue weighted by atomic mass is 10.0. The van der Waals surface area contributed by atoms with Gasteiger partial charge in [0, 0.05) is 12.2 Å². The van der Waals surface area contributed by atoms with Crippen LogP contribution in [-0.2, 0) is 11.3 Å². The third-order valence-electron chi connectivity index (χ3n) is 3.37. The van der Waals surface area contributed by atoms with E-state index in [1.807, 2.05) is 0 Å². The summed E-state index contributed by atoms with van der Waals surface area (Å²) >= 11 is 0. The van der Waals surface area contributed by atoms with Gasteiger partial charge in [-0.15, -0.1) is 0 Å². The highest BCUT2D eigenvalue weighted by atomic mass is 16.1. The largest absolute Gasteiger partial charge is 0.376 e. The second-order valence-electron chi connectivity index (χ2n) is 5.10. The highest BCUT2D eigenvalue weighted by molar-refractivity contribution is 5.73. The number of carbonyl (C=O) groups excluding carboxylic acids is 1. The molecule has 0 bridgehead atoms. The van der Waals surface area contributed by atoms with Crippen molar-refractivity contribution in [1.82, 2.24) is 9.78 Å². The molecule has 1 unspecified atom stereocenters. The molecule has 1 heterocycles. The minimum atomic E-state index is -0.401. The Kier molecular flexibility index (Phi) is 4.08. The molecule has 20 heavy (non-hydrogen) atoms. The fourth-order valence-electron chi connectivity index (χ4n) is 2.05. The smallest absolute Gasteiger partial charge is 0.239 e. The molecule has 0 saturated carbocycles. The van der Waals surface area contributed by atoms with Gasteiger partial charge in [0.1, 0.15) is 6.54 Å². The van der Waals surface area contributed by atoms with Gasteiger partial charge in [-0.25, -0.2) is 0 Å². The number of nitrogens with one attached hydrogen (secondary N) is 1. The van der Waals surface area contributed by atoms with Crippen LogP contribution in [0.25, 0.3) is 0 Å². The van der Waals surface area contributed by atoms with Crippen LogP contribution in [0.1, 0.15) is 29.7 Å². The van der Waals surface area contributed by atoms with E-state index >= 15 is 0 Å². The maximum absolute atomic E-state index is 10.8. The Balaban J connectivity index is 2.06. The maximum atomic E-state index is 10.8. The summed E-state index contributed by atoms with van der Waals surface area (Å²) in [7, 11) is 0. The first-order chi connectivity index (χ1) is 9.45. The molecule has 1 atom stereocenters. The number of nitrogens with zero attached hydrogens (tertiary/aromatic N) is 2. The molecule has 2 aromatic rings. The molecule has 0 aliphatic carbocycles. The topological polar surface area (TPSA) is 72.9 Å². The van der Waals surface area contributed by atoms with Crippen molar-refractivity contribution in [2.45, 2.75) is 33.4 Å². The van der Waals surface area contributed by atoms with Crippen molar-refractivity contribution < 1.29 is 4.79 Å². The molecule has 5 nitrogen and oxygen atoms in total. The van der Waals surface area contributed by atoms with Crippen LogP contribution in [0, 0.1) is 13.8 Å². The normalized spacial score (nSPS) is 12.2. The number of hydrogen-bond acceptors (Lipinski definition) is 3. The van der Waals surface area contributed by atoms with Crippen molar-refractivity contribution in [3.05, 3.63) is 47.3 Å². The Morgan fingerprint density at radius 2 is 2.15 bits per heavy atom. The van der Waals surface area contributed by atoms with Crippen molar-refractivity contribution in [1.29, 1.82) is 0 Å². The van der Waals surface area contributed by atoms with Crippen LogP contribution in [0.2, 0.25) is 0 Å². The summed E-state index contributed by atoms with van der Waals surface area (Å²) in [5, 5.41) is 7.45. The van der Waals surface area contributed by atoms with Gasteiger partial charge in [0.25, 0.3) is 0 Å². The number of anilines is 1. The summed E-state index contributed by atoms with van der Waals surface area (Å²) in [6, 6.07) is 6.59. The summed E-state index contributed by atoms with van der Waals surface area (Å²) in [4.78, 5) is 10.8. The van der Waals surface area contributed by atoms with Crippen molar-refractivity contribution in [2.24, 2.45) is 5.73 Å². The van der Waals surface area contributed by atoms with Gasteiger partial charge in [-0.3, -0.25) is 9.48 Å². The number of rotatable bonds is 5. The molecule has 1 amide bonds. The quantitative estimate of drug-likeness (QED) is 0.876. The van der Waals surface area contributed by atoms with Crippen molar-refractivity contribution in [3.8, 4) is 0 Å². The van der Waals surface area contributed by atoms with E-state index < -0.39 is 5.91 Å².